The lowest BCUT2D eigenvalue weighted by molar-refractivity contribution is 0.0118. The second-order valence-electron chi connectivity index (χ2n) is 13.7. The monoisotopic (exact) mass is 637 g/mol. The lowest BCUT2D eigenvalue weighted by atomic mass is 9.91. The number of fused-ring (bicyclic) bond motifs is 2. The lowest BCUT2D eigenvalue weighted by Crippen LogP contribution is -2.51. The van der Waals surface area contributed by atoms with Crippen LogP contribution in [-0.2, 0) is 16.2 Å². The zero-order chi connectivity index (χ0) is 31.6. The second kappa shape index (κ2) is 13.1. The van der Waals surface area contributed by atoms with Crippen LogP contribution in [0.3, 0.4) is 0 Å². The van der Waals surface area contributed by atoms with Gasteiger partial charge in [0, 0.05) is 58.3 Å². The molecule has 2 aliphatic rings. The summed E-state index contributed by atoms with van der Waals surface area (Å²) < 4.78 is 13.3. The molecule has 1 N–H and O–H groups in total. The van der Waals surface area contributed by atoms with Gasteiger partial charge in [-0.25, -0.2) is 9.48 Å². The van der Waals surface area contributed by atoms with Crippen molar-refractivity contribution < 1.29 is 19.4 Å². The van der Waals surface area contributed by atoms with E-state index in [2.05, 4.69) is 29.6 Å². The van der Waals surface area contributed by atoms with Crippen molar-refractivity contribution in [2.24, 2.45) is 0 Å². The van der Waals surface area contributed by atoms with Crippen LogP contribution >= 0.6 is 11.6 Å². The van der Waals surface area contributed by atoms with Gasteiger partial charge in [-0.2, -0.15) is 5.10 Å². The molecule has 1 fully saturated rings. The zero-order valence-electron chi connectivity index (χ0n) is 26.6. The summed E-state index contributed by atoms with van der Waals surface area (Å²) in [4.78, 5) is 21.8. The molecule has 0 saturated carbocycles. The summed E-state index contributed by atoms with van der Waals surface area (Å²) in [6.45, 7) is 15.9. The van der Waals surface area contributed by atoms with Crippen LogP contribution in [0.2, 0.25) is 30.7 Å². The van der Waals surface area contributed by atoms with E-state index >= 15 is 0 Å². The quantitative estimate of drug-likeness (QED) is 0.223. The summed E-state index contributed by atoms with van der Waals surface area (Å²) in [6.07, 6.45) is 4.24. The zero-order valence-corrected chi connectivity index (χ0v) is 28.3. The van der Waals surface area contributed by atoms with Crippen LogP contribution in [0.25, 0.3) is 11.6 Å². The van der Waals surface area contributed by atoms with Gasteiger partial charge in [0.05, 0.1) is 17.4 Å². The standard InChI is InChI=1S/C33H44ClN5O4Si/c1-33(2,3)43-32(41)38-16-14-37(15-17-38)30-25-10-9-24(34)21-26(25)27(20-23-8-7-12-35-29(23)30)31(40)28-11-13-36-39(28)22-42-18-19-44(4,5)6/h7-13,20-21,30-31,40H,14-19,22H2,1-6H3/t30-,31?/m0/s1. The molecule has 3 aromatic rings. The molecule has 2 aromatic heterocycles. The minimum atomic E-state index is -1.23. The number of halogens is 1. The van der Waals surface area contributed by atoms with Crippen LogP contribution < -0.4 is 0 Å². The van der Waals surface area contributed by atoms with E-state index in [1.807, 2.05) is 63.2 Å². The molecule has 44 heavy (non-hydrogen) atoms. The first-order valence-corrected chi connectivity index (χ1v) is 19.3. The predicted molar refractivity (Wildman–Crippen MR) is 176 cm³/mol. The molecule has 0 radical (unpaired) electrons. The van der Waals surface area contributed by atoms with E-state index in [4.69, 9.17) is 26.1 Å². The van der Waals surface area contributed by atoms with Crippen molar-refractivity contribution in [2.45, 2.75) is 70.9 Å². The van der Waals surface area contributed by atoms with E-state index in [0.717, 1.165) is 34.0 Å². The Labute approximate surface area is 266 Å². The highest BCUT2D eigenvalue weighted by Gasteiger charge is 2.36. The third-order valence-electron chi connectivity index (χ3n) is 7.93. The van der Waals surface area contributed by atoms with Gasteiger partial charge in [-0.15, -0.1) is 0 Å². The van der Waals surface area contributed by atoms with E-state index < -0.39 is 19.8 Å². The summed E-state index contributed by atoms with van der Waals surface area (Å²) in [6, 6.07) is 12.5. The van der Waals surface area contributed by atoms with Crippen LogP contribution in [0.15, 0.2) is 48.8 Å². The third-order valence-corrected chi connectivity index (χ3v) is 9.87. The molecule has 9 nitrogen and oxygen atoms in total. The Bertz CT molecular complexity index is 1500. The average Bonchev–Trinajstić information content (AvgIpc) is 3.37. The van der Waals surface area contributed by atoms with E-state index in [-0.39, 0.29) is 18.9 Å². The normalized spacial score (nSPS) is 18.2. The maximum absolute atomic E-state index is 12.8. The van der Waals surface area contributed by atoms with Crippen molar-refractivity contribution >= 4 is 37.4 Å². The Balaban J connectivity index is 1.46. The number of rotatable bonds is 8. The maximum Gasteiger partial charge on any atom is 0.410 e. The summed E-state index contributed by atoms with van der Waals surface area (Å²) in [7, 11) is -1.23. The Morgan fingerprint density at radius 3 is 2.57 bits per heavy atom. The van der Waals surface area contributed by atoms with Crippen LogP contribution in [0.5, 0.6) is 0 Å². The average molecular weight is 638 g/mol. The molecule has 1 amide bonds. The fourth-order valence-corrected chi connectivity index (χ4v) is 6.58. The summed E-state index contributed by atoms with van der Waals surface area (Å²) >= 11 is 6.60. The summed E-state index contributed by atoms with van der Waals surface area (Å²) in [5.41, 5.74) is 4.49. The number of benzene rings is 1. The number of aliphatic hydroxyl groups is 1. The predicted octanol–water partition coefficient (Wildman–Crippen LogP) is 6.47. The molecule has 0 bridgehead atoms. The SMILES string of the molecule is CC(C)(C)OC(=O)N1CCN([C@H]2c3ccc(Cl)cc3C(C(O)c3ccnn3COCC[Si](C)(C)C)=Cc3cccnc32)CC1. The highest BCUT2D eigenvalue weighted by molar-refractivity contribution is 6.76. The number of ether oxygens (including phenoxy) is 2. The molecule has 1 aliphatic heterocycles. The van der Waals surface area contributed by atoms with E-state index in [1.165, 1.54) is 0 Å². The number of hydrogen-bond donors (Lipinski definition) is 1. The van der Waals surface area contributed by atoms with Crippen molar-refractivity contribution in [3.63, 3.8) is 0 Å². The number of carbonyl (C=O) groups excluding carboxylic acids is 1. The number of carbonyl (C=O) groups is 1. The first-order chi connectivity index (χ1) is 20.8. The molecule has 2 atom stereocenters. The molecule has 1 unspecified atom stereocenters. The number of hydrogen-bond acceptors (Lipinski definition) is 7. The van der Waals surface area contributed by atoms with Gasteiger partial charge in [0.2, 0.25) is 0 Å². The van der Waals surface area contributed by atoms with E-state index in [1.54, 1.807) is 22.0 Å². The third kappa shape index (κ3) is 7.60. The fourth-order valence-electron chi connectivity index (χ4n) is 5.65. The van der Waals surface area contributed by atoms with Crippen LogP contribution in [0, 0.1) is 0 Å². The minimum Gasteiger partial charge on any atom is -0.444 e. The van der Waals surface area contributed by atoms with Crippen molar-refractivity contribution in [1.29, 1.82) is 0 Å². The molecule has 1 aliphatic carbocycles. The van der Waals surface area contributed by atoms with Crippen LogP contribution in [0.4, 0.5) is 4.79 Å². The first-order valence-electron chi connectivity index (χ1n) is 15.3. The van der Waals surface area contributed by atoms with Gasteiger partial charge in [0.15, 0.2) is 0 Å². The highest BCUT2D eigenvalue weighted by Crippen LogP contribution is 2.44. The first kappa shape index (κ1) is 32.4. The van der Waals surface area contributed by atoms with Crippen LogP contribution in [0.1, 0.15) is 61.0 Å². The van der Waals surface area contributed by atoms with Gasteiger partial charge in [0.1, 0.15) is 18.4 Å². The molecular formula is C33H44ClN5O4Si. The fraction of sp³-hybridized carbons (Fsp3) is 0.485. The molecular weight excluding hydrogens is 594 g/mol. The summed E-state index contributed by atoms with van der Waals surface area (Å²) in [5.74, 6) is 0. The van der Waals surface area contributed by atoms with Gasteiger partial charge in [-0.05, 0) is 79.4 Å². The number of aliphatic hydroxyl groups excluding tert-OH is 1. The lowest BCUT2D eigenvalue weighted by Gasteiger charge is -2.40. The second-order valence-corrected chi connectivity index (χ2v) is 19.8. The Kier molecular flexibility index (Phi) is 9.67. The molecule has 3 heterocycles. The van der Waals surface area contributed by atoms with Gasteiger partial charge < -0.3 is 19.5 Å². The van der Waals surface area contributed by atoms with Crippen molar-refractivity contribution in [3.05, 3.63) is 81.9 Å². The van der Waals surface area contributed by atoms with E-state index in [9.17, 15) is 9.90 Å². The van der Waals surface area contributed by atoms with E-state index in [0.29, 0.717) is 43.5 Å². The number of pyridine rings is 1. The van der Waals surface area contributed by atoms with Gasteiger partial charge >= 0.3 is 6.09 Å². The summed E-state index contributed by atoms with van der Waals surface area (Å²) in [5, 5.41) is 17.0. The number of nitrogens with zero attached hydrogens (tertiary/aromatic N) is 5. The van der Waals surface area contributed by atoms with Gasteiger partial charge in [0.25, 0.3) is 0 Å². The van der Waals surface area contributed by atoms with Crippen molar-refractivity contribution in [2.75, 3.05) is 32.8 Å². The largest absolute Gasteiger partial charge is 0.444 e. The Morgan fingerprint density at radius 1 is 1.11 bits per heavy atom. The van der Waals surface area contributed by atoms with Gasteiger partial charge in [-0.3, -0.25) is 9.88 Å². The molecule has 0 spiro atoms. The van der Waals surface area contributed by atoms with Crippen molar-refractivity contribution in [1.82, 2.24) is 24.6 Å². The number of aromatic nitrogens is 3. The molecule has 236 valence electrons. The minimum absolute atomic E-state index is 0.199. The maximum atomic E-state index is 12.8. The topological polar surface area (TPSA) is 93.0 Å². The number of amides is 1. The Hall–Kier alpha value is -3.02. The van der Waals surface area contributed by atoms with Crippen molar-refractivity contribution in [3.8, 4) is 0 Å². The number of piperazine rings is 1. The Morgan fingerprint density at radius 2 is 1.86 bits per heavy atom. The smallest absolute Gasteiger partial charge is 0.410 e. The highest BCUT2D eigenvalue weighted by atomic mass is 35.5. The molecule has 1 saturated heterocycles. The molecule has 5 rings (SSSR count). The molecule has 1 aromatic carbocycles. The van der Waals surface area contributed by atoms with Crippen LogP contribution in [-0.4, -0.2) is 82.2 Å². The van der Waals surface area contributed by atoms with Gasteiger partial charge in [-0.1, -0.05) is 43.4 Å². The molecule has 11 heteroatoms.